The van der Waals surface area contributed by atoms with Crippen molar-refractivity contribution in [1.29, 1.82) is 0 Å². The lowest BCUT2D eigenvalue weighted by Crippen LogP contribution is -2.48. The van der Waals surface area contributed by atoms with Crippen molar-refractivity contribution < 1.29 is 4.52 Å². The minimum Gasteiger partial charge on any atom is -0.359 e. The normalized spacial score (nSPS) is 16.2. The number of nitrogens with one attached hydrogen (secondary N) is 2. The summed E-state index contributed by atoms with van der Waals surface area (Å²) in [5.41, 5.74) is 3.79. The Morgan fingerprint density at radius 1 is 1.23 bits per heavy atom. The zero-order chi connectivity index (χ0) is 21.3. The van der Waals surface area contributed by atoms with Crippen LogP contribution >= 0.6 is 0 Å². The molecule has 0 saturated carbocycles. The molecule has 0 radical (unpaired) electrons. The fourth-order valence-electron chi connectivity index (χ4n) is 4.17. The van der Waals surface area contributed by atoms with E-state index in [0.29, 0.717) is 18.5 Å². The van der Waals surface area contributed by atoms with Gasteiger partial charge in [0.15, 0.2) is 11.7 Å². The molecule has 0 spiro atoms. The number of piperidine rings is 1. The fraction of sp³-hybridized carbons (Fsp3) is 0.583. The van der Waals surface area contributed by atoms with Crippen LogP contribution in [-0.2, 0) is 13.1 Å². The molecule has 0 atom stereocenters. The van der Waals surface area contributed by atoms with Gasteiger partial charge < -0.3 is 15.2 Å². The first-order valence-electron chi connectivity index (χ1n) is 11.3. The molecule has 1 aliphatic rings. The Labute approximate surface area is 181 Å². The van der Waals surface area contributed by atoms with Gasteiger partial charge in [0.25, 0.3) is 0 Å². The van der Waals surface area contributed by atoms with Gasteiger partial charge in [-0.1, -0.05) is 48.8 Å². The predicted octanol–water partition coefficient (Wildman–Crippen LogP) is 4.22. The van der Waals surface area contributed by atoms with E-state index in [-0.39, 0.29) is 0 Å². The maximum absolute atomic E-state index is 5.51. The van der Waals surface area contributed by atoms with Crippen molar-refractivity contribution in [2.75, 3.05) is 20.1 Å². The van der Waals surface area contributed by atoms with Crippen molar-refractivity contribution in [2.45, 2.75) is 71.5 Å². The van der Waals surface area contributed by atoms with Gasteiger partial charge in [0.05, 0.1) is 12.2 Å². The SMILES string of the molecule is CCC(CC)c1cc(CNC(=NC)NC2CCN(Cc3cccc(C)c3)CC2)on1. The number of aromatic nitrogens is 1. The molecular formula is C24H37N5O. The maximum atomic E-state index is 5.51. The Balaban J connectivity index is 1.42. The van der Waals surface area contributed by atoms with E-state index in [4.69, 9.17) is 4.52 Å². The van der Waals surface area contributed by atoms with Crippen molar-refractivity contribution in [2.24, 2.45) is 4.99 Å². The fourth-order valence-corrected chi connectivity index (χ4v) is 4.17. The van der Waals surface area contributed by atoms with Crippen LogP contribution in [0.4, 0.5) is 0 Å². The molecule has 1 aliphatic heterocycles. The van der Waals surface area contributed by atoms with E-state index in [2.05, 4.69) is 76.8 Å². The Kier molecular flexibility index (Phi) is 8.31. The van der Waals surface area contributed by atoms with Crippen molar-refractivity contribution in [3.05, 3.63) is 52.9 Å². The number of hydrogen-bond donors (Lipinski definition) is 2. The molecule has 164 valence electrons. The largest absolute Gasteiger partial charge is 0.359 e. The highest BCUT2D eigenvalue weighted by Gasteiger charge is 2.20. The number of guanidine groups is 1. The van der Waals surface area contributed by atoms with Crippen LogP contribution in [0.15, 0.2) is 39.8 Å². The third-order valence-corrected chi connectivity index (χ3v) is 6.05. The number of hydrogen-bond acceptors (Lipinski definition) is 4. The zero-order valence-electron chi connectivity index (χ0n) is 18.9. The summed E-state index contributed by atoms with van der Waals surface area (Å²) in [6.07, 6.45) is 4.41. The lowest BCUT2D eigenvalue weighted by molar-refractivity contribution is 0.198. The first-order chi connectivity index (χ1) is 14.6. The lowest BCUT2D eigenvalue weighted by atomic mass is 9.99. The third kappa shape index (κ3) is 6.33. The quantitative estimate of drug-likeness (QED) is 0.503. The van der Waals surface area contributed by atoms with Crippen molar-refractivity contribution in [1.82, 2.24) is 20.7 Å². The van der Waals surface area contributed by atoms with Gasteiger partial charge in [0.1, 0.15) is 0 Å². The van der Waals surface area contributed by atoms with Crippen LogP contribution in [-0.4, -0.2) is 42.2 Å². The molecule has 30 heavy (non-hydrogen) atoms. The van der Waals surface area contributed by atoms with E-state index in [1.54, 1.807) is 0 Å². The Morgan fingerprint density at radius 3 is 2.67 bits per heavy atom. The van der Waals surface area contributed by atoms with Gasteiger partial charge in [-0.3, -0.25) is 9.89 Å². The summed E-state index contributed by atoms with van der Waals surface area (Å²) in [4.78, 5) is 6.93. The van der Waals surface area contributed by atoms with Crippen LogP contribution in [0.25, 0.3) is 0 Å². The lowest BCUT2D eigenvalue weighted by Gasteiger charge is -2.33. The van der Waals surface area contributed by atoms with Gasteiger partial charge in [-0.05, 0) is 38.2 Å². The van der Waals surface area contributed by atoms with Crippen molar-refractivity contribution in [3.63, 3.8) is 0 Å². The smallest absolute Gasteiger partial charge is 0.191 e. The van der Waals surface area contributed by atoms with Crippen LogP contribution < -0.4 is 10.6 Å². The number of benzene rings is 1. The van der Waals surface area contributed by atoms with E-state index in [9.17, 15) is 0 Å². The minimum absolute atomic E-state index is 0.444. The first-order valence-corrected chi connectivity index (χ1v) is 11.3. The Bertz CT molecular complexity index is 803. The molecule has 1 fully saturated rings. The Morgan fingerprint density at radius 2 is 2.00 bits per heavy atom. The molecular weight excluding hydrogens is 374 g/mol. The average molecular weight is 412 g/mol. The second-order valence-corrected chi connectivity index (χ2v) is 8.34. The van der Waals surface area contributed by atoms with E-state index in [1.807, 2.05) is 7.05 Å². The van der Waals surface area contributed by atoms with Gasteiger partial charge in [-0.25, -0.2) is 0 Å². The summed E-state index contributed by atoms with van der Waals surface area (Å²) >= 11 is 0. The van der Waals surface area contributed by atoms with E-state index in [1.165, 1.54) is 11.1 Å². The average Bonchev–Trinajstić information content (AvgIpc) is 3.22. The van der Waals surface area contributed by atoms with Crippen molar-refractivity contribution >= 4 is 5.96 Å². The molecule has 3 rings (SSSR count). The molecule has 0 bridgehead atoms. The summed E-state index contributed by atoms with van der Waals surface area (Å²) in [7, 11) is 1.82. The van der Waals surface area contributed by atoms with E-state index >= 15 is 0 Å². The molecule has 0 aliphatic carbocycles. The van der Waals surface area contributed by atoms with Crippen LogP contribution in [0.2, 0.25) is 0 Å². The molecule has 1 aromatic heterocycles. The van der Waals surface area contributed by atoms with Crippen LogP contribution in [0.5, 0.6) is 0 Å². The third-order valence-electron chi connectivity index (χ3n) is 6.05. The van der Waals surface area contributed by atoms with Gasteiger partial charge in [0, 0.05) is 44.7 Å². The van der Waals surface area contributed by atoms with Crippen molar-refractivity contribution in [3.8, 4) is 0 Å². The number of aliphatic imine (C=N–C) groups is 1. The second kappa shape index (κ2) is 11.2. The molecule has 1 saturated heterocycles. The molecule has 2 heterocycles. The minimum atomic E-state index is 0.444. The number of likely N-dealkylation sites (tertiary alicyclic amines) is 1. The van der Waals surface area contributed by atoms with Gasteiger partial charge in [0.2, 0.25) is 0 Å². The highest BCUT2D eigenvalue weighted by molar-refractivity contribution is 5.79. The summed E-state index contributed by atoms with van der Waals surface area (Å²) in [6.45, 7) is 10.4. The summed E-state index contributed by atoms with van der Waals surface area (Å²) in [6, 6.07) is 11.3. The van der Waals surface area contributed by atoms with E-state index in [0.717, 1.165) is 62.7 Å². The number of nitrogens with zero attached hydrogens (tertiary/aromatic N) is 3. The number of rotatable bonds is 8. The zero-order valence-corrected chi connectivity index (χ0v) is 18.9. The second-order valence-electron chi connectivity index (χ2n) is 8.34. The van der Waals surface area contributed by atoms with Gasteiger partial charge in [-0.2, -0.15) is 0 Å². The summed E-state index contributed by atoms with van der Waals surface area (Å²) in [5, 5.41) is 11.2. The van der Waals surface area contributed by atoms with Gasteiger partial charge >= 0.3 is 0 Å². The highest BCUT2D eigenvalue weighted by atomic mass is 16.5. The maximum Gasteiger partial charge on any atom is 0.191 e. The molecule has 0 amide bonds. The first kappa shape index (κ1) is 22.3. The molecule has 2 N–H and O–H groups in total. The monoisotopic (exact) mass is 411 g/mol. The highest BCUT2D eigenvalue weighted by Crippen LogP contribution is 2.22. The van der Waals surface area contributed by atoms with Gasteiger partial charge in [-0.15, -0.1) is 0 Å². The predicted molar refractivity (Wildman–Crippen MR) is 123 cm³/mol. The molecule has 1 aromatic carbocycles. The molecule has 6 heteroatoms. The standard InChI is InChI=1S/C24H37N5O/c1-5-20(6-2)23-15-22(30-28-23)16-26-24(25-4)27-21-10-12-29(13-11-21)17-19-9-7-8-18(3)14-19/h7-9,14-15,20-21H,5-6,10-13,16-17H2,1-4H3,(H2,25,26,27). The number of aryl methyl sites for hydroxylation is 1. The Hall–Kier alpha value is -2.34. The topological polar surface area (TPSA) is 65.7 Å². The summed E-state index contributed by atoms with van der Waals surface area (Å²) < 4.78 is 5.51. The molecule has 6 nitrogen and oxygen atoms in total. The van der Waals surface area contributed by atoms with Crippen LogP contribution in [0, 0.1) is 6.92 Å². The summed E-state index contributed by atoms with van der Waals surface area (Å²) in [5.74, 6) is 2.16. The van der Waals surface area contributed by atoms with E-state index < -0.39 is 0 Å². The molecule has 0 unspecified atom stereocenters. The molecule has 2 aromatic rings. The van der Waals surface area contributed by atoms with Crippen LogP contribution in [0.1, 0.15) is 68.0 Å². The van der Waals surface area contributed by atoms with Crippen LogP contribution in [0.3, 0.4) is 0 Å².